The first-order valence-electron chi connectivity index (χ1n) is 7.01. The van der Waals surface area contributed by atoms with Crippen LogP contribution in [0.4, 0.5) is 0 Å². The Kier molecular flexibility index (Phi) is 7.44. The van der Waals surface area contributed by atoms with Crippen LogP contribution in [0, 0.1) is 11.3 Å². The van der Waals surface area contributed by atoms with E-state index in [4.69, 9.17) is 26.7 Å². The highest BCUT2D eigenvalue weighted by Crippen LogP contribution is 2.25. The third kappa shape index (κ3) is 5.40. The van der Waals surface area contributed by atoms with Crippen LogP contribution in [-0.4, -0.2) is 42.2 Å². The number of nitrogens with zero attached hydrogens (tertiary/aromatic N) is 2. The van der Waals surface area contributed by atoms with Gasteiger partial charge in [-0.25, -0.2) is 4.79 Å². The van der Waals surface area contributed by atoms with Crippen LogP contribution in [0.25, 0.3) is 6.08 Å². The third-order valence-corrected chi connectivity index (χ3v) is 3.42. The summed E-state index contributed by atoms with van der Waals surface area (Å²) in [6.07, 6.45) is 1.26. The Morgan fingerprint density at radius 3 is 2.68 bits per heavy atom. The summed E-state index contributed by atoms with van der Waals surface area (Å²) in [5.41, 5.74) is 0.113. The average Bonchev–Trinajstić information content (AvgIpc) is 2.50. The van der Waals surface area contributed by atoms with Gasteiger partial charge < -0.3 is 14.7 Å². The number of rotatable bonds is 8. The van der Waals surface area contributed by atoms with Crippen LogP contribution in [0.2, 0.25) is 5.02 Å². The summed E-state index contributed by atoms with van der Waals surface area (Å²) in [7, 11) is 0. The highest BCUT2D eigenvalue weighted by Gasteiger charge is 2.10. The van der Waals surface area contributed by atoms with Crippen molar-refractivity contribution in [1.29, 1.82) is 5.26 Å². The molecule has 0 aliphatic carbocycles. The van der Waals surface area contributed by atoms with Gasteiger partial charge in [-0.05, 0) is 37.4 Å². The molecule has 6 heteroatoms. The van der Waals surface area contributed by atoms with Crippen molar-refractivity contribution in [2.45, 2.75) is 13.8 Å². The standard InChI is InChI=1S/C16H19ClN2O3/c1-3-19(4-2)7-8-22-15-6-5-14(17)10-12(15)9-13(11-18)16(20)21/h5-6,9-10H,3-4,7-8H2,1-2H3,(H,20,21). The van der Waals surface area contributed by atoms with E-state index in [0.717, 1.165) is 19.6 Å². The maximum Gasteiger partial charge on any atom is 0.346 e. The van der Waals surface area contributed by atoms with Crippen LogP contribution in [0.5, 0.6) is 5.75 Å². The zero-order valence-electron chi connectivity index (χ0n) is 12.7. The molecule has 118 valence electrons. The van der Waals surface area contributed by atoms with Gasteiger partial charge in [0.2, 0.25) is 0 Å². The maximum atomic E-state index is 10.9. The molecule has 0 aliphatic rings. The molecule has 1 aromatic rings. The van der Waals surface area contributed by atoms with Gasteiger partial charge in [0, 0.05) is 17.1 Å². The Balaban J connectivity index is 2.92. The Labute approximate surface area is 135 Å². The topological polar surface area (TPSA) is 73.6 Å². The normalized spacial score (nSPS) is 11.3. The van der Waals surface area contributed by atoms with E-state index < -0.39 is 5.97 Å². The third-order valence-electron chi connectivity index (χ3n) is 3.18. The molecule has 1 N–H and O–H groups in total. The van der Waals surface area contributed by atoms with Gasteiger partial charge in [0.1, 0.15) is 24.0 Å². The lowest BCUT2D eigenvalue weighted by Gasteiger charge is -2.18. The predicted octanol–water partition coefficient (Wildman–Crippen LogP) is 3.05. The molecule has 0 spiro atoms. The summed E-state index contributed by atoms with van der Waals surface area (Å²) in [5.74, 6) is -0.776. The highest BCUT2D eigenvalue weighted by molar-refractivity contribution is 6.30. The van der Waals surface area contributed by atoms with E-state index in [1.165, 1.54) is 6.08 Å². The van der Waals surface area contributed by atoms with Gasteiger partial charge in [0.15, 0.2) is 0 Å². The van der Waals surface area contributed by atoms with E-state index >= 15 is 0 Å². The number of hydrogen-bond donors (Lipinski definition) is 1. The zero-order chi connectivity index (χ0) is 16.5. The minimum absolute atomic E-state index is 0.365. The highest BCUT2D eigenvalue weighted by atomic mass is 35.5. The van der Waals surface area contributed by atoms with Crippen LogP contribution >= 0.6 is 11.6 Å². The Morgan fingerprint density at radius 2 is 2.14 bits per heavy atom. The van der Waals surface area contributed by atoms with Gasteiger partial charge in [-0.15, -0.1) is 0 Å². The average molecular weight is 323 g/mol. The van der Waals surface area contributed by atoms with Gasteiger partial charge in [0.25, 0.3) is 0 Å². The molecule has 0 atom stereocenters. The maximum absolute atomic E-state index is 10.9. The van der Waals surface area contributed by atoms with E-state index in [2.05, 4.69) is 18.7 Å². The monoisotopic (exact) mass is 322 g/mol. The number of carboxylic acid groups (broad SMARTS) is 1. The smallest absolute Gasteiger partial charge is 0.346 e. The fourth-order valence-electron chi connectivity index (χ4n) is 1.89. The largest absolute Gasteiger partial charge is 0.492 e. The summed E-state index contributed by atoms with van der Waals surface area (Å²) >= 11 is 5.93. The molecular formula is C16H19ClN2O3. The summed E-state index contributed by atoms with van der Waals surface area (Å²) in [4.78, 5) is 13.2. The van der Waals surface area contributed by atoms with Crippen molar-refractivity contribution in [1.82, 2.24) is 4.90 Å². The van der Waals surface area contributed by atoms with Crippen molar-refractivity contribution < 1.29 is 14.6 Å². The molecule has 22 heavy (non-hydrogen) atoms. The molecule has 0 fully saturated rings. The lowest BCUT2D eigenvalue weighted by molar-refractivity contribution is -0.132. The molecule has 0 saturated heterocycles. The van der Waals surface area contributed by atoms with Crippen molar-refractivity contribution in [2.24, 2.45) is 0 Å². The molecule has 5 nitrogen and oxygen atoms in total. The molecule has 1 rings (SSSR count). The van der Waals surface area contributed by atoms with Crippen LogP contribution in [-0.2, 0) is 4.79 Å². The van der Waals surface area contributed by atoms with E-state index in [1.54, 1.807) is 24.3 Å². The molecule has 0 unspecified atom stereocenters. The summed E-state index contributed by atoms with van der Waals surface area (Å²) in [5, 5.41) is 18.2. The lowest BCUT2D eigenvalue weighted by Crippen LogP contribution is -2.28. The second kappa shape index (κ2) is 9.08. The van der Waals surface area contributed by atoms with Gasteiger partial charge >= 0.3 is 5.97 Å². The molecule has 0 saturated carbocycles. The number of ether oxygens (including phenoxy) is 1. The minimum Gasteiger partial charge on any atom is -0.492 e. The molecule has 0 aliphatic heterocycles. The molecule has 0 heterocycles. The van der Waals surface area contributed by atoms with E-state index in [9.17, 15) is 4.79 Å². The first-order valence-corrected chi connectivity index (χ1v) is 7.39. The lowest BCUT2D eigenvalue weighted by atomic mass is 10.1. The molecule has 1 aromatic carbocycles. The number of benzene rings is 1. The van der Waals surface area contributed by atoms with Crippen LogP contribution < -0.4 is 4.74 Å². The Bertz CT molecular complexity index is 590. The van der Waals surface area contributed by atoms with Crippen molar-refractivity contribution in [3.05, 3.63) is 34.4 Å². The van der Waals surface area contributed by atoms with Crippen LogP contribution in [0.1, 0.15) is 19.4 Å². The minimum atomic E-state index is -1.28. The Morgan fingerprint density at radius 1 is 1.45 bits per heavy atom. The second-order valence-corrected chi connectivity index (χ2v) is 4.97. The Hall–Kier alpha value is -2.03. The first kappa shape index (κ1) is 18.0. The second-order valence-electron chi connectivity index (χ2n) is 4.53. The van der Waals surface area contributed by atoms with Crippen molar-refractivity contribution >= 4 is 23.6 Å². The van der Waals surface area contributed by atoms with E-state index in [0.29, 0.717) is 22.9 Å². The van der Waals surface area contributed by atoms with Crippen molar-refractivity contribution in [3.63, 3.8) is 0 Å². The number of carboxylic acids is 1. The molecule has 0 bridgehead atoms. The van der Waals surface area contributed by atoms with Crippen molar-refractivity contribution in [3.8, 4) is 11.8 Å². The number of halogens is 1. The number of carbonyl (C=O) groups is 1. The van der Waals surface area contributed by atoms with E-state index in [1.807, 2.05) is 0 Å². The summed E-state index contributed by atoms with van der Waals surface area (Å²) in [6.45, 7) is 7.26. The van der Waals surface area contributed by atoms with Gasteiger partial charge in [0.05, 0.1) is 0 Å². The predicted molar refractivity (Wildman–Crippen MR) is 86.0 cm³/mol. The van der Waals surface area contributed by atoms with Crippen LogP contribution in [0.15, 0.2) is 23.8 Å². The number of nitriles is 1. The van der Waals surface area contributed by atoms with Gasteiger partial charge in [-0.2, -0.15) is 5.26 Å². The molecule has 0 amide bonds. The van der Waals surface area contributed by atoms with Gasteiger partial charge in [-0.3, -0.25) is 0 Å². The van der Waals surface area contributed by atoms with Crippen LogP contribution in [0.3, 0.4) is 0 Å². The number of hydrogen-bond acceptors (Lipinski definition) is 4. The quantitative estimate of drug-likeness (QED) is 0.588. The van der Waals surface area contributed by atoms with E-state index in [-0.39, 0.29) is 5.57 Å². The molecular weight excluding hydrogens is 304 g/mol. The fraction of sp³-hybridized carbons (Fsp3) is 0.375. The summed E-state index contributed by atoms with van der Waals surface area (Å²) in [6, 6.07) is 6.56. The molecule has 0 radical (unpaired) electrons. The number of likely N-dealkylation sites (N-methyl/N-ethyl adjacent to an activating group) is 1. The van der Waals surface area contributed by atoms with Gasteiger partial charge in [-0.1, -0.05) is 25.4 Å². The zero-order valence-corrected chi connectivity index (χ0v) is 13.4. The summed E-state index contributed by atoms with van der Waals surface area (Å²) < 4.78 is 5.70. The molecule has 0 aromatic heterocycles. The fourth-order valence-corrected chi connectivity index (χ4v) is 2.07. The first-order chi connectivity index (χ1) is 10.5. The number of aliphatic carboxylic acids is 1. The SMILES string of the molecule is CCN(CC)CCOc1ccc(Cl)cc1C=C(C#N)C(=O)O. The van der Waals surface area contributed by atoms with Crippen molar-refractivity contribution in [2.75, 3.05) is 26.2 Å².